The molecule has 1 saturated heterocycles. The van der Waals surface area contributed by atoms with Crippen LogP contribution in [0, 0.1) is 0 Å². The Morgan fingerprint density at radius 1 is 1.60 bits per heavy atom. The van der Waals surface area contributed by atoms with Gasteiger partial charge in [0.25, 0.3) is 5.91 Å². The van der Waals surface area contributed by atoms with E-state index in [0.717, 1.165) is 6.42 Å². The SMILES string of the molecule is NC(=O)C1CCCN1C(=O)c1cn[nH]n1. The molecule has 2 rings (SSSR count). The number of H-pyrrole nitrogens is 1. The van der Waals surface area contributed by atoms with Crippen LogP contribution in [0.3, 0.4) is 0 Å². The van der Waals surface area contributed by atoms with Crippen LogP contribution in [0.5, 0.6) is 0 Å². The fourth-order valence-electron chi connectivity index (χ4n) is 1.76. The summed E-state index contributed by atoms with van der Waals surface area (Å²) in [4.78, 5) is 24.3. The number of carbonyl (C=O) groups excluding carboxylic acids is 2. The number of aromatic nitrogens is 3. The van der Waals surface area contributed by atoms with Gasteiger partial charge in [-0.15, -0.1) is 0 Å². The molecule has 3 N–H and O–H groups in total. The van der Waals surface area contributed by atoms with Crippen LogP contribution in [0.25, 0.3) is 0 Å². The molecule has 7 heteroatoms. The van der Waals surface area contributed by atoms with Gasteiger partial charge in [-0.05, 0) is 12.8 Å². The lowest BCUT2D eigenvalue weighted by molar-refractivity contribution is -0.121. The second kappa shape index (κ2) is 3.68. The normalized spacial score (nSPS) is 20.5. The Morgan fingerprint density at radius 3 is 3.00 bits per heavy atom. The minimum absolute atomic E-state index is 0.211. The van der Waals surface area contributed by atoms with Gasteiger partial charge >= 0.3 is 0 Å². The summed E-state index contributed by atoms with van der Waals surface area (Å²) < 4.78 is 0. The smallest absolute Gasteiger partial charge is 0.276 e. The van der Waals surface area contributed by atoms with E-state index >= 15 is 0 Å². The van der Waals surface area contributed by atoms with Gasteiger partial charge in [0.2, 0.25) is 5.91 Å². The van der Waals surface area contributed by atoms with Crippen LogP contribution in [0.4, 0.5) is 0 Å². The zero-order chi connectivity index (χ0) is 10.8. The first-order valence-electron chi connectivity index (χ1n) is 4.66. The van der Waals surface area contributed by atoms with Gasteiger partial charge in [-0.2, -0.15) is 15.4 Å². The Labute approximate surface area is 85.6 Å². The topological polar surface area (TPSA) is 105 Å². The van der Waals surface area contributed by atoms with Crippen LogP contribution in [-0.4, -0.2) is 44.7 Å². The van der Waals surface area contributed by atoms with Crippen LogP contribution in [0.15, 0.2) is 6.20 Å². The van der Waals surface area contributed by atoms with Gasteiger partial charge < -0.3 is 10.6 Å². The van der Waals surface area contributed by atoms with Crippen molar-refractivity contribution in [3.8, 4) is 0 Å². The number of aromatic amines is 1. The Balaban J connectivity index is 2.17. The molecular weight excluding hydrogens is 198 g/mol. The molecule has 1 fully saturated rings. The molecule has 0 radical (unpaired) electrons. The Morgan fingerprint density at radius 2 is 2.40 bits per heavy atom. The molecule has 0 saturated carbocycles. The van der Waals surface area contributed by atoms with Gasteiger partial charge in [0, 0.05) is 6.54 Å². The Bertz CT molecular complexity index is 374. The molecule has 80 valence electrons. The zero-order valence-electron chi connectivity index (χ0n) is 8.01. The lowest BCUT2D eigenvalue weighted by atomic mass is 10.2. The van der Waals surface area contributed by atoms with Crippen molar-refractivity contribution in [1.82, 2.24) is 20.3 Å². The van der Waals surface area contributed by atoms with Crippen molar-refractivity contribution in [3.05, 3.63) is 11.9 Å². The molecule has 0 aromatic carbocycles. The monoisotopic (exact) mass is 209 g/mol. The second-order valence-corrected chi connectivity index (χ2v) is 3.41. The molecule has 15 heavy (non-hydrogen) atoms. The number of hydrogen-bond donors (Lipinski definition) is 2. The van der Waals surface area contributed by atoms with Crippen molar-refractivity contribution in [1.29, 1.82) is 0 Å². The third kappa shape index (κ3) is 1.67. The van der Waals surface area contributed by atoms with E-state index in [0.29, 0.717) is 13.0 Å². The van der Waals surface area contributed by atoms with Gasteiger partial charge in [-0.1, -0.05) is 0 Å². The highest BCUT2D eigenvalue weighted by Gasteiger charge is 2.33. The number of nitrogens with two attached hydrogens (primary N) is 1. The maximum atomic E-state index is 11.8. The Kier molecular flexibility index (Phi) is 2.36. The lowest BCUT2D eigenvalue weighted by Crippen LogP contribution is -2.43. The van der Waals surface area contributed by atoms with Gasteiger partial charge in [0.05, 0.1) is 6.20 Å². The summed E-state index contributed by atoms with van der Waals surface area (Å²) in [7, 11) is 0. The molecule has 2 heterocycles. The third-order valence-electron chi connectivity index (χ3n) is 2.48. The lowest BCUT2D eigenvalue weighted by Gasteiger charge is -2.20. The van der Waals surface area contributed by atoms with Crippen molar-refractivity contribution < 1.29 is 9.59 Å². The summed E-state index contributed by atoms with van der Waals surface area (Å²) in [5, 5.41) is 9.57. The molecule has 0 aliphatic carbocycles. The van der Waals surface area contributed by atoms with Crippen molar-refractivity contribution in [2.24, 2.45) is 5.73 Å². The van der Waals surface area contributed by atoms with Gasteiger partial charge in [-0.3, -0.25) is 9.59 Å². The summed E-state index contributed by atoms with van der Waals surface area (Å²) in [6.45, 7) is 0.541. The molecule has 1 unspecified atom stereocenters. The highest BCUT2D eigenvalue weighted by atomic mass is 16.2. The van der Waals surface area contributed by atoms with Gasteiger partial charge in [0.1, 0.15) is 6.04 Å². The molecule has 0 spiro atoms. The maximum absolute atomic E-state index is 11.8. The fourth-order valence-corrected chi connectivity index (χ4v) is 1.76. The van der Waals surface area contributed by atoms with E-state index in [-0.39, 0.29) is 11.6 Å². The quantitative estimate of drug-likeness (QED) is 0.644. The molecule has 1 aromatic rings. The largest absolute Gasteiger partial charge is 0.368 e. The number of rotatable bonds is 2. The second-order valence-electron chi connectivity index (χ2n) is 3.41. The maximum Gasteiger partial charge on any atom is 0.276 e. The number of nitrogens with zero attached hydrogens (tertiary/aromatic N) is 3. The van der Waals surface area contributed by atoms with E-state index in [1.165, 1.54) is 11.1 Å². The van der Waals surface area contributed by atoms with Crippen molar-refractivity contribution in [3.63, 3.8) is 0 Å². The van der Waals surface area contributed by atoms with Crippen LogP contribution in [0.1, 0.15) is 23.3 Å². The van der Waals surface area contributed by atoms with Crippen molar-refractivity contribution in [2.75, 3.05) is 6.54 Å². The summed E-state index contributed by atoms with van der Waals surface area (Å²) in [6, 6.07) is -0.505. The molecule has 2 amide bonds. The number of hydrogen-bond acceptors (Lipinski definition) is 4. The molecular formula is C8H11N5O2. The summed E-state index contributed by atoms with van der Waals surface area (Å²) in [6.07, 6.45) is 2.74. The molecule has 1 atom stereocenters. The van der Waals surface area contributed by atoms with Crippen LogP contribution in [-0.2, 0) is 4.79 Å². The standard InChI is InChI=1S/C8H11N5O2/c9-7(14)6-2-1-3-13(6)8(15)5-4-10-12-11-5/h4,6H,1-3H2,(H2,9,14)(H,10,11,12). The van der Waals surface area contributed by atoms with E-state index in [1.807, 2.05) is 0 Å². The molecule has 7 nitrogen and oxygen atoms in total. The fraction of sp³-hybridized carbons (Fsp3) is 0.500. The molecule has 1 aromatic heterocycles. The van der Waals surface area contributed by atoms with Gasteiger partial charge in [-0.25, -0.2) is 0 Å². The van der Waals surface area contributed by atoms with Crippen LogP contribution >= 0.6 is 0 Å². The van der Waals surface area contributed by atoms with E-state index < -0.39 is 11.9 Å². The Hall–Kier alpha value is -1.92. The molecule has 1 aliphatic heterocycles. The van der Waals surface area contributed by atoms with Crippen molar-refractivity contribution in [2.45, 2.75) is 18.9 Å². The summed E-state index contributed by atoms with van der Waals surface area (Å²) in [5.74, 6) is -0.769. The highest BCUT2D eigenvalue weighted by molar-refractivity contribution is 5.95. The van der Waals surface area contributed by atoms with Gasteiger partial charge in [0.15, 0.2) is 5.69 Å². The minimum Gasteiger partial charge on any atom is -0.368 e. The molecule has 0 bridgehead atoms. The number of likely N-dealkylation sites (tertiary alicyclic amines) is 1. The predicted octanol–water partition coefficient (Wildman–Crippen LogP) is -1.11. The number of primary amides is 1. The molecule has 1 aliphatic rings. The highest BCUT2D eigenvalue weighted by Crippen LogP contribution is 2.18. The van der Waals surface area contributed by atoms with E-state index in [1.54, 1.807) is 0 Å². The third-order valence-corrected chi connectivity index (χ3v) is 2.48. The van der Waals surface area contributed by atoms with Crippen LogP contribution in [0.2, 0.25) is 0 Å². The van der Waals surface area contributed by atoms with E-state index in [9.17, 15) is 9.59 Å². The average molecular weight is 209 g/mol. The number of nitrogens with one attached hydrogen (secondary N) is 1. The van der Waals surface area contributed by atoms with E-state index in [4.69, 9.17) is 5.73 Å². The first-order valence-corrected chi connectivity index (χ1v) is 4.66. The van der Waals surface area contributed by atoms with E-state index in [2.05, 4.69) is 15.4 Å². The van der Waals surface area contributed by atoms with Crippen LogP contribution < -0.4 is 5.73 Å². The number of carbonyl (C=O) groups is 2. The first kappa shape index (κ1) is 9.63. The average Bonchev–Trinajstić information content (AvgIpc) is 2.88. The van der Waals surface area contributed by atoms with Crippen molar-refractivity contribution >= 4 is 11.8 Å². The number of amides is 2. The zero-order valence-corrected chi connectivity index (χ0v) is 8.01. The first-order chi connectivity index (χ1) is 7.20. The minimum atomic E-state index is -0.505. The summed E-state index contributed by atoms with van der Waals surface area (Å²) in [5.41, 5.74) is 5.41. The summed E-state index contributed by atoms with van der Waals surface area (Å²) >= 11 is 0. The predicted molar refractivity (Wildman–Crippen MR) is 49.6 cm³/mol.